The molecule has 2 rings (SSSR count). The van der Waals surface area contributed by atoms with Crippen molar-refractivity contribution in [2.75, 3.05) is 11.2 Å². The summed E-state index contributed by atoms with van der Waals surface area (Å²) in [6.07, 6.45) is 0. The SMILES string of the molecule is CC(C)c1nnc(S[C@@H](C)C(=O)Nc2ccccc2)n1N. The highest BCUT2D eigenvalue weighted by molar-refractivity contribution is 8.00. The summed E-state index contributed by atoms with van der Waals surface area (Å²) in [4.78, 5) is 12.1. The van der Waals surface area contributed by atoms with Crippen molar-refractivity contribution in [3.05, 3.63) is 36.2 Å². The lowest BCUT2D eigenvalue weighted by Crippen LogP contribution is -2.24. The quantitative estimate of drug-likeness (QED) is 0.653. The van der Waals surface area contributed by atoms with Crippen molar-refractivity contribution in [3.63, 3.8) is 0 Å². The van der Waals surface area contributed by atoms with Gasteiger partial charge in [-0.05, 0) is 19.1 Å². The van der Waals surface area contributed by atoms with Crippen LogP contribution in [0.1, 0.15) is 32.5 Å². The lowest BCUT2D eigenvalue weighted by molar-refractivity contribution is -0.115. The molecule has 0 radical (unpaired) electrons. The van der Waals surface area contributed by atoms with Crippen LogP contribution < -0.4 is 11.2 Å². The molecule has 1 heterocycles. The Bertz CT molecular complexity index is 611. The van der Waals surface area contributed by atoms with Crippen LogP contribution in [0.15, 0.2) is 35.5 Å². The van der Waals surface area contributed by atoms with Crippen LogP contribution in [0.3, 0.4) is 0 Å². The van der Waals surface area contributed by atoms with E-state index in [1.54, 1.807) is 0 Å². The van der Waals surface area contributed by atoms with Crippen LogP contribution in [-0.4, -0.2) is 26.0 Å². The smallest absolute Gasteiger partial charge is 0.237 e. The molecule has 0 unspecified atom stereocenters. The molecule has 0 saturated carbocycles. The number of nitrogens with one attached hydrogen (secondary N) is 1. The van der Waals surface area contributed by atoms with E-state index in [0.29, 0.717) is 11.0 Å². The fraction of sp³-hybridized carbons (Fsp3) is 0.357. The van der Waals surface area contributed by atoms with Gasteiger partial charge in [-0.15, -0.1) is 10.2 Å². The van der Waals surface area contributed by atoms with Gasteiger partial charge in [0.25, 0.3) is 0 Å². The number of carbonyl (C=O) groups is 1. The largest absolute Gasteiger partial charge is 0.336 e. The summed E-state index contributed by atoms with van der Waals surface area (Å²) in [5.74, 6) is 6.73. The molecule has 112 valence electrons. The lowest BCUT2D eigenvalue weighted by atomic mass is 10.2. The summed E-state index contributed by atoms with van der Waals surface area (Å²) >= 11 is 1.29. The highest BCUT2D eigenvalue weighted by Gasteiger charge is 2.20. The number of hydrogen-bond acceptors (Lipinski definition) is 5. The Kier molecular flexibility index (Phi) is 4.85. The van der Waals surface area contributed by atoms with Crippen LogP contribution in [0, 0.1) is 0 Å². The first-order valence-corrected chi connectivity index (χ1v) is 7.60. The van der Waals surface area contributed by atoms with Crippen LogP contribution in [0.25, 0.3) is 0 Å². The van der Waals surface area contributed by atoms with Crippen LogP contribution >= 0.6 is 11.8 Å². The number of rotatable bonds is 5. The van der Waals surface area contributed by atoms with Gasteiger partial charge < -0.3 is 11.2 Å². The number of nitrogen functional groups attached to an aromatic ring is 1. The van der Waals surface area contributed by atoms with Crippen molar-refractivity contribution < 1.29 is 4.79 Å². The molecule has 0 bridgehead atoms. The van der Waals surface area contributed by atoms with Crippen molar-refractivity contribution in [2.45, 2.75) is 37.1 Å². The summed E-state index contributed by atoms with van der Waals surface area (Å²) in [5.41, 5.74) is 0.770. The number of hydrogen-bond donors (Lipinski definition) is 2. The number of thioether (sulfide) groups is 1. The fourth-order valence-electron chi connectivity index (χ4n) is 1.74. The van der Waals surface area contributed by atoms with Crippen LogP contribution in [-0.2, 0) is 4.79 Å². The van der Waals surface area contributed by atoms with Crippen LogP contribution in [0.4, 0.5) is 5.69 Å². The number of amides is 1. The lowest BCUT2D eigenvalue weighted by Gasteiger charge is -2.11. The minimum Gasteiger partial charge on any atom is -0.336 e. The van der Waals surface area contributed by atoms with E-state index < -0.39 is 0 Å². The molecule has 7 heteroatoms. The summed E-state index contributed by atoms with van der Waals surface area (Å²) in [6, 6.07) is 9.34. The van der Waals surface area contributed by atoms with Crippen LogP contribution in [0.2, 0.25) is 0 Å². The maximum absolute atomic E-state index is 12.1. The zero-order chi connectivity index (χ0) is 15.4. The fourth-order valence-corrected chi connectivity index (χ4v) is 2.52. The van der Waals surface area contributed by atoms with Gasteiger partial charge in [-0.2, -0.15) is 0 Å². The number of nitrogens with two attached hydrogens (primary N) is 1. The molecule has 0 aliphatic heterocycles. The molecular formula is C14H19N5OS. The first-order valence-electron chi connectivity index (χ1n) is 6.72. The third kappa shape index (κ3) is 3.75. The Balaban J connectivity index is 2.01. The van der Waals surface area contributed by atoms with Gasteiger partial charge in [0, 0.05) is 11.6 Å². The van der Waals surface area contributed by atoms with Gasteiger partial charge in [0.15, 0.2) is 5.82 Å². The first-order chi connectivity index (χ1) is 9.99. The normalized spacial score (nSPS) is 12.4. The Morgan fingerprint density at radius 3 is 2.48 bits per heavy atom. The van der Waals surface area contributed by atoms with E-state index >= 15 is 0 Å². The monoisotopic (exact) mass is 305 g/mol. The predicted molar refractivity (Wildman–Crippen MR) is 84.7 cm³/mol. The highest BCUT2D eigenvalue weighted by Crippen LogP contribution is 2.23. The Morgan fingerprint density at radius 1 is 1.24 bits per heavy atom. The van der Waals surface area contributed by atoms with Crippen molar-refractivity contribution in [2.24, 2.45) is 0 Å². The molecule has 0 spiro atoms. The van der Waals surface area contributed by atoms with Gasteiger partial charge in [0.1, 0.15) is 0 Å². The van der Waals surface area contributed by atoms with Crippen molar-refractivity contribution >= 4 is 23.4 Å². The van der Waals surface area contributed by atoms with Gasteiger partial charge in [-0.1, -0.05) is 43.8 Å². The van der Waals surface area contributed by atoms with Crippen molar-refractivity contribution in [1.82, 2.24) is 14.9 Å². The second-order valence-corrected chi connectivity index (χ2v) is 6.29. The third-order valence-corrected chi connectivity index (χ3v) is 3.96. The molecule has 1 aromatic carbocycles. The molecular weight excluding hydrogens is 286 g/mol. The molecule has 1 aromatic heterocycles. The van der Waals surface area contributed by atoms with E-state index in [2.05, 4.69) is 15.5 Å². The number of nitrogens with zero attached hydrogens (tertiary/aromatic N) is 3. The van der Waals surface area contributed by atoms with Gasteiger partial charge in [0.05, 0.1) is 5.25 Å². The van der Waals surface area contributed by atoms with Crippen molar-refractivity contribution in [3.8, 4) is 0 Å². The van der Waals surface area contributed by atoms with E-state index in [-0.39, 0.29) is 17.1 Å². The molecule has 1 atom stereocenters. The molecule has 1 amide bonds. The molecule has 0 aliphatic rings. The Hall–Kier alpha value is -2.02. The van der Waals surface area contributed by atoms with Crippen LogP contribution in [0.5, 0.6) is 0 Å². The number of para-hydroxylation sites is 1. The number of aromatic nitrogens is 3. The van der Waals surface area contributed by atoms with E-state index in [9.17, 15) is 4.79 Å². The zero-order valence-corrected chi connectivity index (χ0v) is 13.1. The minimum absolute atomic E-state index is 0.0969. The molecule has 0 fully saturated rings. The summed E-state index contributed by atoms with van der Waals surface area (Å²) in [6.45, 7) is 5.80. The number of anilines is 1. The van der Waals surface area contributed by atoms with Crippen molar-refractivity contribution in [1.29, 1.82) is 0 Å². The van der Waals surface area contributed by atoms with Gasteiger partial charge in [-0.25, -0.2) is 4.68 Å². The predicted octanol–water partition coefficient (Wildman–Crippen LogP) is 2.23. The summed E-state index contributed by atoms with van der Waals surface area (Å²) in [7, 11) is 0. The molecule has 0 saturated heterocycles. The minimum atomic E-state index is -0.322. The number of benzene rings is 1. The maximum atomic E-state index is 12.1. The van der Waals surface area contributed by atoms with E-state index in [1.165, 1.54) is 16.4 Å². The third-order valence-electron chi connectivity index (χ3n) is 2.90. The van der Waals surface area contributed by atoms with Gasteiger partial charge in [0.2, 0.25) is 11.1 Å². The van der Waals surface area contributed by atoms with Gasteiger partial charge >= 0.3 is 0 Å². The molecule has 21 heavy (non-hydrogen) atoms. The standard InChI is InChI=1S/C14H19N5OS/c1-9(2)12-17-18-14(19(12)15)21-10(3)13(20)16-11-7-5-4-6-8-11/h4-10H,15H2,1-3H3,(H,16,20)/t10-/m0/s1. The van der Waals surface area contributed by atoms with E-state index in [4.69, 9.17) is 5.84 Å². The van der Waals surface area contributed by atoms with Gasteiger partial charge in [-0.3, -0.25) is 4.79 Å². The molecule has 6 nitrogen and oxygen atoms in total. The highest BCUT2D eigenvalue weighted by atomic mass is 32.2. The topological polar surface area (TPSA) is 85.8 Å². The maximum Gasteiger partial charge on any atom is 0.237 e. The van der Waals surface area contributed by atoms with E-state index in [0.717, 1.165) is 5.69 Å². The Morgan fingerprint density at radius 2 is 1.90 bits per heavy atom. The first kappa shape index (κ1) is 15.4. The molecule has 3 N–H and O–H groups in total. The summed E-state index contributed by atoms with van der Waals surface area (Å²) in [5, 5.41) is 11.2. The average Bonchev–Trinajstić information content (AvgIpc) is 2.81. The Labute approximate surface area is 128 Å². The average molecular weight is 305 g/mol. The number of carbonyl (C=O) groups excluding carboxylic acids is 1. The second-order valence-electron chi connectivity index (χ2n) is 4.98. The van der Waals surface area contributed by atoms with E-state index in [1.807, 2.05) is 51.1 Å². The zero-order valence-electron chi connectivity index (χ0n) is 12.3. The summed E-state index contributed by atoms with van der Waals surface area (Å²) < 4.78 is 1.45. The molecule has 0 aliphatic carbocycles. The molecule has 2 aromatic rings. The second kappa shape index (κ2) is 6.62.